The van der Waals surface area contributed by atoms with Crippen molar-refractivity contribution < 1.29 is 13.2 Å². The summed E-state index contributed by atoms with van der Waals surface area (Å²) >= 11 is 0. The molecule has 0 spiro atoms. The zero-order chi connectivity index (χ0) is 17.0. The molecule has 9 heteroatoms. The normalized spacial score (nSPS) is 22.4. The molecule has 0 aromatic carbocycles. The SMILES string of the molecule is CCC[C@@H]1CN(CCS(C)(=O)=O)C[C@H]1NC(=O)c1n[nH]nc1C. The first-order valence-corrected chi connectivity index (χ1v) is 9.94. The average molecular weight is 343 g/mol. The number of nitrogens with zero attached hydrogens (tertiary/aromatic N) is 3. The number of nitrogens with one attached hydrogen (secondary N) is 2. The lowest BCUT2D eigenvalue weighted by Gasteiger charge is -2.18. The Labute approximate surface area is 136 Å². The Hall–Kier alpha value is -1.48. The number of hydrogen-bond acceptors (Lipinski definition) is 6. The maximum absolute atomic E-state index is 12.3. The molecule has 23 heavy (non-hydrogen) atoms. The Morgan fingerprint density at radius 3 is 2.70 bits per heavy atom. The van der Waals surface area contributed by atoms with Gasteiger partial charge in [-0.15, -0.1) is 0 Å². The van der Waals surface area contributed by atoms with E-state index in [1.165, 1.54) is 6.26 Å². The first kappa shape index (κ1) is 17.9. The number of amides is 1. The molecule has 8 nitrogen and oxygen atoms in total. The van der Waals surface area contributed by atoms with Crippen LogP contribution in [0.1, 0.15) is 35.9 Å². The molecule has 1 fully saturated rings. The monoisotopic (exact) mass is 343 g/mol. The summed E-state index contributed by atoms with van der Waals surface area (Å²) in [6.07, 6.45) is 3.28. The summed E-state index contributed by atoms with van der Waals surface area (Å²) in [4.78, 5) is 14.4. The number of carbonyl (C=O) groups is 1. The molecule has 2 heterocycles. The maximum Gasteiger partial charge on any atom is 0.274 e. The lowest BCUT2D eigenvalue weighted by atomic mass is 9.98. The molecule has 0 aliphatic carbocycles. The van der Waals surface area contributed by atoms with Gasteiger partial charge >= 0.3 is 0 Å². The molecule has 1 aromatic rings. The van der Waals surface area contributed by atoms with Crippen molar-refractivity contribution in [3.05, 3.63) is 11.4 Å². The van der Waals surface area contributed by atoms with Gasteiger partial charge in [0.05, 0.1) is 11.4 Å². The zero-order valence-electron chi connectivity index (χ0n) is 13.9. The Balaban J connectivity index is 1.98. The van der Waals surface area contributed by atoms with Crippen LogP contribution in [-0.2, 0) is 9.84 Å². The number of H-pyrrole nitrogens is 1. The van der Waals surface area contributed by atoms with Crippen LogP contribution in [0.2, 0.25) is 0 Å². The van der Waals surface area contributed by atoms with Gasteiger partial charge in [0.15, 0.2) is 5.69 Å². The molecular weight excluding hydrogens is 318 g/mol. The first-order chi connectivity index (χ1) is 10.8. The van der Waals surface area contributed by atoms with Crippen molar-refractivity contribution in [3.63, 3.8) is 0 Å². The molecule has 1 amide bonds. The van der Waals surface area contributed by atoms with Gasteiger partial charge in [-0.05, 0) is 19.3 Å². The molecule has 1 aliphatic heterocycles. The fourth-order valence-corrected chi connectivity index (χ4v) is 3.59. The van der Waals surface area contributed by atoms with E-state index in [2.05, 4.69) is 32.6 Å². The van der Waals surface area contributed by atoms with E-state index >= 15 is 0 Å². The Bertz CT molecular complexity index is 643. The van der Waals surface area contributed by atoms with E-state index in [0.717, 1.165) is 19.4 Å². The number of aromatic nitrogens is 3. The summed E-state index contributed by atoms with van der Waals surface area (Å²) in [5.74, 6) is 0.248. The van der Waals surface area contributed by atoms with Crippen LogP contribution >= 0.6 is 0 Å². The molecule has 2 atom stereocenters. The van der Waals surface area contributed by atoms with Gasteiger partial charge in [0.2, 0.25) is 0 Å². The van der Waals surface area contributed by atoms with Gasteiger partial charge in [-0.3, -0.25) is 9.69 Å². The van der Waals surface area contributed by atoms with Crippen LogP contribution in [0.3, 0.4) is 0 Å². The van der Waals surface area contributed by atoms with Crippen molar-refractivity contribution in [1.82, 2.24) is 25.6 Å². The highest BCUT2D eigenvalue weighted by molar-refractivity contribution is 7.90. The number of carbonyl (C=O) groups excluding carboxylic acids is 1. The smallest absolute Gasteiger partial charge is 0.274 e. The van der Waals surface area contributed by atoms with Crippen LogP contribution in [0, 0.1) is 12.8 Å². The van der Waals surface area contributed by atoms with Gasteiger partial charge in [-0.2, -0.15) is 15.4 Å². The summed E-state index contributed by atoms with van der Waals surface area (Å²) in [7, 11) is -2.97. The fraction of sp³-hybridized carbons (Fsp3) is 0.786. The minimum atomic E-state index is -2.97. The zero-order valence-corrected chi connectivity index (χ0v) is 14.7. The van der Waals surface area contributed by atoms with E-state index in [0.29, 0.717) is 30.4 Å². The average Bonchev–Trinajstić information content (AvgIpc) is 3.03. The third-order valence-corrected chi connectivity index (χ3v) is 5.13. The molecule has 0 bridgehead atoms. The number of sulfone groups is 1. The molecule has 0 radical (unpaired) electrons. The van der Waals surface area contributed by atoms with Crippen LogP contribution < -0.4 is 5.32 Å². The van der Waals surface area contributed by atoms with Crippen molar-refractivity contribution >= 4 is 15.7 Å². The number of aromatic amines is 1. The molecule has 0 unspecified atom stereocenters. The summed E-state index contributed by atoms with van der Waals surface area (Å²) < 4.78 is 22.7. The second-order valence-corrected chi connectivity index (χ2v) is 8.54. The first-order valence-electron chi connectivity index (χ1n) is 7.88. The van der Waals surface area contributed by atoms with Crippen LogP contribution in [0.4, 0.5) is 0 Å². The van der Waals surface area contributed by atoms with Gasteiger partial charge in [0, 0.05) is 31.9 Å². The third-order valence-electron chi connectivity index (χ3n) is 4.21. The topological polar surface area (TPSA) is 108 Å². The van der Waals surface area contributed by atoms with Crippen LogP contribution in [-0.4, -0.2) is 72.3 Å². The van der Waals surface area contributed by atoms with Gasteiger partial charge in [-0.25, -0.2) is 8.42 Å². The van der Waals surface area contributed by atoms with E-state index in [1.54, 1.807) is 6.92 Å². The molecule has 130 valence electrons. The van der Waals surface area contributed by atoms with E-state index in [1.807, 2.05) is 0 Å². The van der Waals surface area contributed by atoms with Gasteiger partial charge < -0.3 is 5.32 Å². The molecule has 1 aliphatic rings. The van der Waals surface area contributed by atoms with E-state index < -0.39 is 9.84 Å². The maximum atomic E-state index is 12.3. The highest BCUT2D eigenvalue weighted by Gasteiger charge is 2.34. The van der Waals surface area contributed by atoms with Crippen LogP contribution in [0.5, 0.6) is 0 Å². The minimum absolute atomic E-state index is 0.0121. The van der Waals surface area contributed by atoms with Crippen LogP contribution in [0.25, 0.3) is 0 Å². The minimum Gasteiger partial charge on any atom is -0.346 e. The third kappa shape index (κ3) is 5.00. The number of rotatable bonds is 7. The lowest BCUT2D eigenvalue weighted by molar-refractivity contribution is 0.0923. The molecule has 1 aromatic heterocycles. The Morgan fingerprint density at radius 2 is 2.13 bits per heavy atom. The van der Waals surface area contributed by atoms with Gasteiger partial charge in [-0.1, -0.05) is 13.3 Å². The van der Waals surface area contributed by atoms with Crippen molar-refractivity contribution in [2.45, 2.75) is 32.7 Å². The standard InChI is InChI=1S/C14H25N5O3S/c1-4-5-11-8-19(6-7-23(3,21)22)9-12(11)15-14(20)13-10(2)16-18-17-13/h11-12H,4-9H2,1-3H3,(H,15,20)(H,16,17,18)/t11-,12-/m1/s1. The largest absolute Gasteiger partial charge is 0.346 e. The Kier molecular flexibility index (Phi) is 5.74. The predicted molar refractivity (Wildman–Crippen MR) is 86.9 cm³/mol. The number of likely N-dealkylation sites (tertiary alicyclic amines) is 1. The second-order valence-electron chi connectivity index (χ2n) is 6.28. The van der Waals surface area contributed by atoms with Crippen molar-refractivity contribution in [2.24, 2.45) is 5.92 Å². The van der Waals surface area contributed by atoms with Crippen LogP contribution in [0.15, 0.2) is 0 Å². The molecule has 2 rings (SSSR count). The Morgan fingerprint density at radius 1 is 1.39 bits per heavy atom. The summed E-state index contributed by atoms with van der Waals surface area (Å²) in [5, 5.41) is 13.2. The van der Waals surface area contributed by atoms with Gasteiger partial charge in [0.1, 0.15) is 9.84 Å². The fourth-order valence-electron chi connectivity index (χ4n) is 3.00. The summed E-state index contributed by atoms with van der Waals surface area (Å²) in [6.45, 7) is 5.83. The molecule has 1 saturated heterocycles. The number of aryl methyl sites for hydroxylation is 1. The van der Waals surface area contributed by atoms with E-state index in [4.69, 9.17) is 0 Å². The van der Waals surface area contributed by atoms with Crippen molar-refractivity contribution in [1.29, 1.82) is 0 Å². The van der Waals surface area contributed by atoms with Gasteiger partial charge in [0.25, 0.3) is 5.91 Å². The molecule has 0 saturated carbocycles. The van der Waals surface area contributed by atoms with Crippen molar-refractivity contribution in [3.8, 4) is 0 Å². The predicted octanol–water partition coefficient (Wildman–Crippen LogP) is -0.0120. The van der Waals surface area contributed by atoms with E-state index in [9.17, 15) is 13.2 Å². The second kappa shape index (κ2) is 7.39. The highest BCUT2D eigenvalue weighted by atomic mass is 32.2. The molecular formula is C14H25N5O3S. The number of hydrogen-bond donors (Lipinski definition) is 2. The van der Waals surface area contributed by atoms with Crippen molar-refractivity contribution in [2.75, 3.05) is 31.6 Å². The van der Waals surface area contributed by atoms with E-state index in [-0.39, 0.29) is 17.7 Å². The highest BCUT2D eigenvalue weighted by Crippen LogP contribution is 2.22. The molecule has 2 N–H and O–H groups in total. The summed E-state index contributed by atoms with van der Waals surface area (Å²) in [6, 6.07) is 0.0121. The quantitative estimate of drug-likeness (QED) is 0.721. The summed E-state index contributed by atoms with van der Waals surface area (Å²) in [5.41, 5.74) is 0.885. The lowest BCUT2D eigenvalue weighted by Crippen LogP contribution is -2.41.